The number of primary amides is 1. The Morgan fingerprint density at radius 3 is 2.28 bits per heavy atom. The molecular formula is C18H15FN4O2. The largest absolute Gasteiger partial charge is 0.364 e. The van der Waals surface area contributed by atoms with Crippen LogP contribution in [0.25, 0.3) is 16.9 Å². The van der Waals surface area contributed by atoms with Crippen molar-refractivity contribution in [2.45, 2.75) is 6.92 Å². The summed E-state index contributed by atoms with van der Waals surface area (Å²) >= 11 is 0. The molecule has 2 aromatic carbocycles. The maximum Gasteiger partial charge on any atom is 0.269 e. The SMILES string of the molecule is CC(=O)Nc1ccc(-c2cc(C(N)=O)nn2-c2ccc(F)cc2)cc1. The van der Waals surface area contributed by atoms with Crippen molar-refractivity contribution in [3.63, 3.8) is 0 Å². The molecule has 0 aliphatic heterocycles. The van der Waals surface area contributed by atoms with Crippen LogP contribution in [0.5, 0.6) is 0 Å². The summed E-state index contributed by atoms with van der Waals surface area (Å²) in [4.78, 5) is 22.6. The van der Waals surface area contributed by atoms with Gasteiger partial charge in [-0.2, -0.15) is 5.10 Å². The molecule has 0 saturated heterocycles. The first-order chi connectivity index (χ1) is 11.9. The molecule has 0 fully saturated rings. The molecule has 0 radical (unpaired) electrons. The van der Waals surface area contributed by atoms with E-state index in [1.807, 2.05) is 0 Å². The normalized spacial score (nSPS) is 10.5. The smallest absolute Gasteiger partial charge is 0.269 e. The number of nitrogens with one attached hydrogen (secondary N) is 1. The van der Waals surface area contributed by atoms with Gasteiger partial charge in [0.2, 0.25) is 5.91 Å². The third kappa shape index (κ3) is 3.55. The second-order valence-electron chi connectivity index (χ2n) is 5.43. The fraction of sp³-hybridized carbons (Fsp3) is 0.0556. The number of nitrogens with two attached hydrogens (primary N) is 1. The van der Waals surface area contributed by atoms with Gasteiger partial charge in [-0.3, -0.25) is 9.59 Å². The molecule has 2 amide bonds. The van der Waals surface area contributed by atoms with E-state index in [9.17, 15) is 14.0 Å². The van der Waals surface area contributed by atoms with Crippen molar-refractivity contribution in [1.29, 1.82) is 0 Å². The Kier molecular flexibility index (Phi) is 4.30. The molecular weight excluding hydrogens is 323 g/mol. The van der Waals surface area contributed by atoms with E-state index >= 15 is 0 Å². The van der Waals surface area contributed by atoms with Crippen molar-refractivity contribution < 1.29 is 14.0 Å². The summed E-state index contributed by atoms with van der Waals surface area (Å²) in [5.41, 5.74) is 8.06. The van der Waals surface area contributed by atoms with E-state index in [1.54, 1.807) is 42.5 Å². The second kappa shape index (κ2) is 6.56. The first-order valence-corrected chi connectivity index (χ1v) is 7.48. The van der Waals surface area contributed by atoms with Crippen molar-refractivity contribution in [2.24, 2.45) is 5.73 Å². The minimum Gasteiger partial charge on any atom is -0.364 e. The van der Waals surface area contributed by atoms with Crippen LogP contribution < -0.4 is 11.1 Å². The van der Waals surface area contributed by atoms with Crippen LogP contribution in [0.1, 0.15) is 17.4 Å². The molecule has 7 heteroatoms. The lowest BCUT2D eigenvalue weighted by Crippen LogP contribution is -2.12. The predicted octanol–water partition coefficient (Wildman–Crippen LogP) is 2.74. The Labute approximate surface area is 143 Å². The highest BCUT2D eigenvalue weighted by Crippen LogP contribution is 2.25. The van der Waals surface area contributed by atoms with Crippen molar-refractivity contribution in [3.05, 3.63) is 66.1 Å². The van der Waals surface area contributed by atoms with Crippen molar-refractivity contribution in [3.8, 4) is 16.9 Å². The first-order valence-electron chi connectivity index (χ1n) is 7.48. The van der Waals surface area contributed by atoms with E-state index in [2.05, 4.69) is 10.4 Å². The summed E-state index contributed by atoms with van der Waals surface area (Å²) < 4.78 is 14.7. The van der Waals surface area contributed by atoms with Gasteiger partial charge in [0.1, 0.15) is 5.82 Å². The third-order valence-electron chi connectivity index (χ3n) is 3.53. The molecule has 25 heavy (non-hydrogen) atoms. The average molecular weight is 338 g/mol. The van der Waals surface area contributed by atoms with Crippen molar-refractivity contribution in [2.75, 3.05) is 5.32 Å². The molecule has 1 aromatic heterocycles. The number of nitrogens with zero attached hydrogens (tertiary/aromatic N) is 2. The minimum absolute atomic E-state index is 0.102. The fourth-order valence-corrected chi connectivity index (χ4v) is 2.41. The van der Waals surface area contributed by atoms with Crippen LogP contribution in [0, 0.1) is 5.82 Å². The average Bonchev–Trinajstić information content (AvgIpc) is 3.01. The molecule has 6 nitrogen and oxygen atoms in total. The minimum atomic E-state index is -0.656. The maximum atomic E-state index is 13.2. The summed E-state index contributed by atoms with van der Waals surface area (Å²) in [5, 5.41) is 6.89. The highest BCUT2D eigenvalue weighted by Gasteiger charge is 2.15. The van der Waals surface area contributed by atoms with Crippen molar-refractivity contribution in [1.82, 2.24) is 9.78 Å². The van der Waals surface area contributed by atoms with Crippen LogP contribution in [0.15, 0.2) is 54.6 Å². The number of carbonyl (C=O) groups is 2. The lowest BCUT2D eigenvalue weighted by atomic mass is 10.1. The lowest BCUT2D eigenvalue weighted by molar-refractivity contribution is -0.114. The number of rotatable bonds is 4. The number of anilines is 1. The van der Waals surface area contributed by atoms with E-state index in [1.165, 1.54) is 23.7 Å². The number of hydrogen-bond acceptors (Lipinski definition) is 3. The van der Waals surface area contributed by atoms with Crippen molar-refractivity contribution >= 4 is 17.5 Å². The monoisotopic (exact) mass is 338 g/mol. The molecule has 3 N–H and O–H groups in total. The number of benzene rings is 2. The Morgan fingerprint density at radius 2 is 1.72 bits per heavy atom. The van der Waals surface area contributed by atoms with Crippen LogP contribution in [0.2, 0.25) is 0 Å². The van der Waals surface area contributed by atoms with E-state index in [0.717, 1.165) is 5.56 Å². The zero-order valence-electron chi connectivity index (χ0n) is 13.4. The number of carbonyl (C=O) groups excluding carboxylic acids is 2. The van der Waals surface area contributed by atoms with Gasteiger partial charge in [0.25, 0.3) is 5.91 Å². The van der Waals surface area contributed by atoms with Gasteiger partial charge in [-0.05, 0) is 42.5 Å². The number of aromatic nitrogens is 2. The zero-order chi connectivity index (χ0) is 18.0. The molecule has 1 heterocycles. The maximum absolute atomic E-state index is 13.2. The summed E-state index contributed by atoms with van der Waals surface area (Å²) in [6.45, 7) is 1.43. The number of amides is 2. The quantitative estimate of drug-likeness (QED) is 0.766. The molecule has 126 valence electrons. The molecule has 0 aliphatic carbocycles. The molecule has 3 aromatic rings. The summed E-state index contributed by atoms with van der Waals surface area (Å²) in [5.74, 6) is -1.19. The summed E-state index contributed by atoms with van der Waals surface area (Å²) in [7, 11) is 0. The fourth-order valence-electron chi connectivity index (χ4n) is 2.41. The Morgan fingerprint density at radius 1 is 1.08 bits per heavy atom. The van der Waals surface area contributed by atoms with Crippen LogP contribution in [-0.4, -0.2) is 21.6 Å². The topological polar surface area (TPSA) is 90.0 Å². The second-order valence-corrected chi connectivity index (χ2v) is 5.43. The third-order valence-corrected chi connectivity index (χ3v) is 3.53. The Bertz CT molecular complexity index is 931. The van der Waals surface area contributed by atoms with Gasteiger partial charge >= 0.3 is 0 Å². The predicted molar refractivity (Wildman–Crippen MR) is 91.8 cm³/mol. The Hall–Kier alpha value is -3.48. The van der Waals surface area contributed by atoms with E-state index in [4.69, 9.17) is 5.73 Å². The lowest BCUT2D eigenvalue weighted by Gasteiger charge is -2.08. The molecule has 3 rings (SSSR count). The Balaban J connectivity index is 2.06. The van der Waals surface area contributed by atoms with Gasteiger partial charge in [-0.15, -0.1) is 0 Å². The molecule has 0 bridgehead atoms. The number of hydrogen-bond donors (Lipinski definition) is 2. The van der Waals surface area contributed by atoms with Gasteiger partial charge in [-0.25, -0.2) is 9.07 Å². The van der Waals surface area contributed by atoms with E-state index in [0.29, 0.717) is 17.1 Å². The zero-order valence-corrected chi connectivity index (χ0v) is 13.4. The van der Waals surface area contributed by atoms with Gasteiger partial charge in [-0.1, -0.05) is 12.1 Å². The standard InChI is InChI=1S/C18H15FN4O2/c1-11(24)21-14-6-2-12(3-7-14)17-10-16(18(20)25)22-23(17)15-8-4-13(19)5-9-15/h2-10H,1H3,(H2,20,25)(H,21,24). The molecule has 0 unspecified atom stereocenters. The number of halogens is 1. The highest BCUT2D eigenvalue weighted by molar-refractivity contribution is 5.92. The molecule has 0 spiro atoms. The van der Waals surface area contributed by atoms with Crippen LogP contribution in [0.4, 0.5) is 10.1 Å². The molecule has 0 atom stereocenters. The van der Waals surface area contributed by atoms with Crippen LogP contribution >= 0.6 is 0 Å². The first kappa shape index (κ1) is 16.4. The highest BCUT2D eigenvalue weighted by atomic mass is 19.1. The molecule has 0 saturated carbocycles. The van der Waals surface area contributed by atoms with Gasteiger partial charge in [0, 0.05) is 18.2 Å². The molecule has 0 aliphatic rings. The van der Waals surface area contributed by atoms with Crippen LogP contribution in [-0.2, 0) is 4.79 Å². The summed E-state index contributed by atoms with van der Waals surface area (Å²) in [6, 6.07) is 14.4. The summed E-state index contributed by atoms with van der Waals surface area (Å²) in [6.07, 6.45) is 0. The van der Waals surface area contributed by atoms with Crippen LogP contribution in [0.3, 0.4) is 0 Å². The van der Waals surface area contributed by atoms with E-state index in [-0.39, 0.29) is 17.4 Å². The van der Waals surface area contributed by atoms with Gasteiger partial charge < -0.3 is 11.1 Å². The van der Waals surface area contributed by atoms with Gasteiger partial charge in [0.05, 0.1) is 11.4 Å². The van der Waals surface area contributed by atoms with Gasteiger partial charge in [0.15, 0.2) is 5.69 Å². The van der Waals surface area contributed by atoms with E-state index < -0.39 is 5.91 Å².